The van der Waals surface area contributed by atoms with Gasteiger partial charge in [0.1, 0.15) is 12.4 Å². The lowest BCUT2D eigenvalue weighted by atomic mass is 10.0. The van der Waals surface area contributed by atoms with E-state index >= 15 is 0 Å². The van der Waals surface area contributed by atoms with Gasteiger partial charge < -0.3 is 10.1 Å². The summed E-state index contributed by atoms with van der Waals surface area (Å²) in [6.07, 6.45) is 0. The van der Waals surface area contributed by atoms with Crippen molar-refractivity contribution < 1.29 is 4.74 Å². The van der Waals surface area contributed by atoms with Crippen LogP contribution in [-0.2, 0) is 13.2 Å². The van der Waals surface area contributed by atoms with Crippen LogP contribution < -0.4 is 10.1 Å². The van der Waals surface area contributed by atoms with Crippen molar-refractivity contribution in [1.82, 2.24) is 0 Å². The fourth-order valence-corrected chi connectivity index (χ4v) is 3.92. The molecule has 0 saturated heterocycles. The maximum Gasteiger partial charge on any atom is 0.125 e. The van der Waals surface area contributed by atoms with Gasteiger partial charge in [-0.15, -0.1) is 0 Å². The van der Waals surface area contributed by atoms with Crippen LogP contribution in [0.25, 0.3) is 10.8 Å². The molecule has 30 heavy (non-hydrogen) atoms. The summed E-state index contributed by atoms with van der Waals surface area (Å²) in [5.41, 5.74) is 2.74. The number of benzene rings is 4. The Bertz CT molecular complexity index is 1210. The lowest BCUT2D eigenvalue weighted by Crippen LogP contribution is -2.05. The van der Waals surface area contributed by atoms with Crippen molar-refractivity contribution in [3.05, 3.63) is 104 Å². The van der Waals surface area contributed by atoms with Crippen molar-refractivity contribution in [2.45, 2.75) is 13.2 Å². The van der Waals surface area contributed by atoms with E-state index < -0.39 is 0 Å². The molecular weight excluding hydrogens is 460 g/mol. The largest absolute Gasteiger partial charge is 0.489 e. The summed E-state index contributed by atoms with van der Waals surface area (Å²) in [4.78, 5) is 0. The highest BCUT2D eigenvalue weighted by Gasteiger charge is 2.11. The first-order valence-corrected chi connectivity index (χ1v) is 10.8. The fourth-order valence-electron chi connectivity index (χ4n) is 3.24. The molecule has 4 aromatic rings. The lowest BCUT2D eigenvalue weighted by molar-refractivity contribution is 0.304. The van der Waals surface area contributed by atoms with Gasteiger partial charge in [-0.05, 0) is 52.7 Å². The van der Waals surface area contributed by atoms with Gasteiger partial charge in [0.15, 0.2) is 0 Å². The minimum atomic E-state index is 0.375. The quantitative estimate of drug-likeness (QED) is 0.300. The molecule has 0 bridgehead atoms. The van der Waals surface area contributed by atoms with Gasteiger partial charge >= 0.3 is 0 Å². The van der Waals surface area contributed by atoms with Crippen LogP contribution in [0.3, 0.4) is 0 Å². The molecule has 0 unspecified atom stereocenters. The first kappa shape index (κ1) is 21.1. The molecule has 4 rings (SSSR count). The number of anilines is 1. The van der Waals surface area contributed by atoms with E-state index in [9.17, 15) is 0 Å². The topological polar surface area (TPSA) is 21.3 Å². The van der Waals surface area contributed by atoms with Crippen LogP contribution in [0.5, 0.6) is 5.75 Å². The molecule has 2 nitrogen and oxygen atoms in total. The molecule has 0 radical (unpaired) electrons. The van der Waals surface area contributed by atoms with Gasteiger partial charge in [0.25, 0.3) is 0 Å². The molecule has 0 saturated carbocycles. The Hall–Kier alpha value is -2.10. The second-order valence-electron chi connectivity index (χ2n) is 6.78. The minimum absolute atomic E-state index is 0.375. The van der Waals surface area contributed by atoms with E-state index in [0.29, 0.717) is 33.2 Å². The van der Waals surface area contributed by atoms with Crippen LogP contribution in [0, 0.1) is 0 Å². The number of hydrogen-bond acceptors (Lipinski definition) is 2. The molecule has 152 valence electrons. The van der Waals surface area contributed by atoms with Gasteiger partial charge in [-0.25, -0.2) is 0 Å². The van der Waals surface area contributed by atoms with Crippen molar-refractivity contribution >= 4 is 62.9 Å². The SMILES string of the molecule is Clc1ccc(Cl)c(NCc2c(OCc3ccc(Cl)c(Cl)c3)ccc3ccccc23)c1. The third-order valence-electron chi connectivity index (χ3n) is 4.76. The van der Waals surface area contributed by atoms with Crippen LogP contribution in [0.4, 0.5) is 5.69 Å². The van der Waals surface area contributed by atoms with Crippen molar-refractivity contribution in [2.24, 2.45) is 0 Å². The molecule has 0 atom stereocenters. The average Bonchev–Trinajstić information content (AvgIpc) is 2.75. The van der Waals surface area contributed by atoms with Crippen LogP contribution in [0.15, 0.2) is 72.8 Å². The number of hydrogen-bond donors (Lipinski definition) is 1. The summed E-state index contributed by atoms with van der Waals surface area (Å²) in [5, 5.41) is 7.88. The molecule has 0 spiro atoms. The average molecular weight is 477 g/mol. The fraction of sp³-hybridized carbons (Fsp3) is 0.0833. The summed E-state index contributed by atoms with van der Waals surface area (Å²) < 4.78 is 6.17. The van der Waals surface area contributed by atoms with Gasteiger partial charge in [-0.2, -0.15) is 0 Å². The molecule has 1 N–H and O–H groups in total. The highest BCUT2D eigenvalue weighted by Crippen LogP contribution is 2.32. The van der Waals surface area contributed by atoms with Gasteiger partial charge in [-0.3, -0.25) is 0 Å². The van der Waals surface area contributed by atoms with E-state index in [4.69, 9.17) is 51.1 Å². The smallest absolute Gasteiger partial charge is 0.125 e. The summed E-state index contributed by atoms with van der Waals surface area (Å²) in [6, 6.07) is 23.1. The Morgan fingerprint density at radius 2 is 1.53 bits per heavy atom. The van der Waals surface area contributed by atoms with E-state index in [1.807, 2.05) is 36.4 Å². The van der Waals surface area contributed by atoms with Crippen molar-refractivity contribution in [1.29, 1.82) is 0 Å². The van der Waals surface area contributed by atoms with Crippen molar-refractivity contribution in [3.8, 4) is 5.75 Å². The molecule has 4 aromatic carbocycles. The molecule has 0 aliphatic heterocycles. The molecule has 6 heteroatoms. The number of nitrogens with one attached hydrogen (secondary N) is 1. The van der Waals surface area contributed by atoms with Crippen LogP contribution >= 0.6 is 46.4 Å². The van der Waals surface area contributed by atoms with Gasteiger partial charge in [0, 0.05) is 17.1 Å². The van der Waals surface area contributed by atoms with E-state index in [0.717, 1.165) is 33.3 Å². The predicted octanol–water partition coefficient (Wildman–Crippen LogP) is 8.64. The summed E-state index contributed by atoms with van der Waals surface area (Å²) in [6.45, 7) is 0.901. The van der Waals surface area contributed by atoms with Gasteiger partial charge in [0.05, 0.1) is 20.8 Å². The van der Waals surface area contributed by atoms with E-state index in [2.05, 4.69) is 23.5 Å². The van der Waals surface area contributed by atoms with Gasteiger partial charge in [0.2, 0.25) is 0 Å². The molecular formula is C24H17Cl4NO. The Labute approximate surface area is 195 Å². The first-order chi connectivity index (χ1) is 14.5. The Balaban J connectivity index is 1.63. The number of ether oxygens (including phenoxy) is 1. The summed E-state index contributed by atoms with van der Waals surface area (Å²) in [5.74, 6) is 0.783. The maximum atomic E-state index is 6.31. The van der Waals surface area contributed by atoms with E-state index in [-0.39, 0.29) is 0 Å². The first-order valence-electron chi connectivity index (χ1n) is 9.27. The van der Waals surface area contributed by atoms with Crippen LogP contribution in [0.2, 0.25) is 20.1 Å². The third-order valence-corrected chi connectivity index (χ3v) is 6.06. The zero-order chi connectivity index (χ0) is 21.1. The predicted molar refractivity (Wildman–Crippen MR) is 129 cm³/mol. The second-order valence-corrected chi connectivity index (χ2v) is 8.44. The number of rotatable bonds is 6. The Morgan fingerprint density at radius 1 is 0.733 bits per heavy atom. The van der Waals surface area contributed by atoms with Crippen molar-refractivity contribution in [3.63, 3.8) is 0 Å². The number of fused-ring (bicyclic) bond motifs is 1. The second kappa shape index (κ2) is 9.36. The third kappa shape index (κ3) is 4.79. The Kier molecular flexibility index (Phi) is 6.60. The molecule has 0 aromatic heterocycles. The van der Waals surface area contributed by atoms with Crippen LogP contribution in [0.1, 0.15) is 11.1 Å². The number of halogens is 4. The highest BCUT2D eigenvalue weighted by molar-refractivity contribution is 6.42. The molecule has 0 aliphatic rings. The van der Waals surface area contributed by atoms with E-state index in [1.54, 1.807) is 18.2 Å². The van der Waals surface area contributed by atoms with E-state index in [1.165, 1.54) is 0 Å². The summed E-state index contributed by atoms with van der Waals surface area (Å²) >= 11 is 24.6. The van der Waals surface area contributed by atoms with Gasteiger partial charge in [-0.1, -0.05) is 82.8 Å². The zero-order valence-electron chi connectivity index (χ0n) is 15.8. The standard InChI is InChI=1S/C24H17Cl4NO/c25-17-7-9-21(27)23(12-17)29-13-19-18-4-2-1-3-16(18)6-10-24(19)30-14-15-5-8-20(26)22(28)11-15/h1-12,29H,13-14H2. The maximum absolute atomic E-state index is 6.31. The molecule has 0 amide bonds. The van der Waals surface area contributed by atoms with Crippen molar-refractivity contribution in [2.75, 3.05) is 5.32 Å². The normalized spacial score (nSPS) is 10.9. The Morgan fingerprint density at radius 3 is 2.37 bits per heavy atom. The van der Waals surface area contributed by atoms with Crippen LogP contribution in [-0.4, -0.2) is 0 Å². The molecule has 0 heterocycles. The lowest BCUT2D eigenvalue weighted by Gasteiger charge is -2.16. The summed E-state index contributed by atoms with van der Waals surface area (Å²) in [7, 11) is 0. The highest BCUT2D eigenvalue weighted by atomic mass is 35.5. The monoisotopic (exact) mass is 475 g/mol. The zero-order valence-corrected chi connectivity index (χ0v) is 18.8. The molecule has 0 aliphatic carbocycles. The molecule has 0 fully saturated rings. The minimum Gasteiger partial charge on any atom is -0.489 e.